The molecule has 0 amide bonds. The van der Waals surface area contributed by atoms with Gasteiger partial charge in [0.05, 0.1) is 0 Å². The zero-order valence-corrected chi connectivity index (χ0v) is 11.9. The summed E-state index contributed by atoms with van der Waals surface area (Å²) in [4.78, 5) is 4.39. The first-order valence-electron chi connectivity index (χ1n) is 6.88. The van der Waals surface area contributed by atoms with Gasteiger partial charge in [-0.2, -0.15) is 11.8 Å². The van der Waals surface area contributed by atoms with Crippen LogP contribution in [0.3, 0.4) is 0 Å². The number of nitrogens with two attached hydrogens (primary N) is 1. The van der Waals surface area contributed by atoms with Crippen LogP contribution >= 0.6 is 11.8 Å². The number of rotatable bonds is 7. The molecule has 3 N–H and O–H groups in total. The maximum atomic E-state index is 5.88. The Balaban J connectivity index is 2.03. The number of aliphatic imine (C=N–C) groups is 1. The fourth-order valence-electron chi connectivity index (χ4n) is 2.24. The summed E-state index contributed by atoms with van der Waals surface area (Å²) in [6, 6.07) is 0.573. The first-order chi connectivity index (χ1) is 8.33. The molecule has 1 rings (SSSR count). The molecule has 0 spiro atoms. The largest absolute Gasteiger partial charge is 0.370 e. The van der Waals surface area contributed by atoms with E-state index in [2.05, 4.69) is 16.6 Å². The minimum absolute atomic E-state index is 0.573. The third-order valence-corrected chi connectivity index (χ3v) is 3.94. The highest BCUT2D eigenvalue weighted by molar-refractivity contribution is 7.98. The predicted molar refractivity (Wildman–Crippen MR) is 78.7 cm³/mol. The smallest absolute Gasteiger partial charge is 0.188 e. The lowest BCUT2D eigenvalue weighted by Crippen LogP contribution is -2.41. The Kier molecular flexibility index (Phi) is 8.32. The van der Waals surface area contributed by atoms with Gasteiger partial charge in [0.15, 0.2) is 5.96 Å². The van der Waals surface area contributed by atoms with E-state index in [1.54, 1.807) is 0 Å². The maximum Gasteiger partial charge on any atom is 0.188 e. The molecule has 1 fully saturated rings. The SMILES string of the molecule is CSCCCCCN=C(N)NC1CCCCC1. The van der Waals surface area contributed by atoms with Crippen LogP contribution in [-0.2, 0) is 0 Å². The Bertz CT molecular complexity index is 213. The molecule has 0 aromatic rings. The molecule has 0 aromatic carbocycles. The second-order valence-corrected chi connectivity index (χ2v) is 5.79. The van der Waals surface area contributed by atoms with Crippen LogP contribution in [0.25, 0.3) is 0 Å². The molecule has 0 heterocycles. The summed E-state index contributed by atoms with van der Waals surface area (Å²) in [7, 11) is 0. The molecule has 1 aliphatic carbocycles. The first-order valence-corrected chi connectivity index (χ1v) is 8.27. The van der Waals surface area contributed by atoms with Gasteiger partial charge in [0.25, 0.3) is 0 Å². The molecule has 100 valence electrons. The second kappa shape index (κ2) is 9.63. The van der Waals surface area contributed by atoms with Crippen molar-refractivity contribution < 1.29 is 0 Å². The Morgan fingerprint density at radius 1 is 1.24 bits per heavy atom. The molecule has 0 atom stereocenters. The summed E-state index contributed by atoms with van der Waals surface area (Å²) in [5.74, 6) is 1.92. The summed E-state index contributed by atoms with van der Waals surface area (Å²) in [6.07, 6.45) is 12.4. The van der Waals surface area contributed by atoms with Gasteiger partial charge in [-0.05, 0) is 37.7 Å². The van der Waals surface area contributed by atoms with Crippen molar-refractivity contribution in [1.82, 2.24) is 5.32 Å². The Hall–Kier alpha value is -0.380. The van der Waals surface area contributed by atoms with E-state index >= 15 is 0 Å². The number of nitrogens with one attached hydrogen (secondary N) is 1. The topological polar surface area (TPSA) is 50.4 Å². The van der Waals surface area contributed by atoms with Crippen molar-refractivity contribution in [3.8, 4) is 0 Å². The minimum atomic E-state index is 0.573. The van der Waals surface area contributed by atoms with Crippen LogP contribution in [0.2, 0.25) is 0 Å². The fraction of sp³-hybridized carbons (Fsp3) is 0.923. The number of hydrogen-bond acceptors (Lipinski definition) is 2. The highest BCUT2D eigenvalue weighted by Gasteiger charge is 2.12. The van der Waals surface area contributed by atoms with E-state index in [-0.39, 0.29) is 0 Å². The highest BCUT2D eigenvalue weighted by atomic mass is 32.2. The van der Waals surface area contributed by atoms with Crippen LogP contribution in [0.4, 0.5) is 0 Å². The van der Waals surface area contributed by atoms with Crippen molar-refractivity contribution >= 4 is 17.7 Å². The number of guanidine groups is 1. The van der Waals surface area contributed by atoms with Gasteiger partial charge < -0.3 is 11.1 Å². The zero-order valence-electron chi connectivity index (χ0n) is 11.1. The number of hydrogen-bond donors (Lipinski definition) is 2. The van der Waals surface area contributed by atoms with Crippen molar-refractivity contribution in [3.63, 3.8) is 0 Å². The number of nitrogens with zero attached hydrogens (tertiary/aromatic N) is 1. The third-order valence-electron chi connectivity index (χ3n) is 3.25. The molecular weight excluding hydrogens is 230 g/mol. The molecule has 4 heteroatoms. The van der Waals surface area contributed by atoms with Crippen LogP contribution in [-0.4, -0.2) is 30.6 Å². The van der Waals surface area contributed by atoms with Crippen LogP contribution in [0.5, 0.6) is 0 Å². The quantitative estimate of drug-likeness (QED) is 0.419. The van der Waals surface area contributed by atoms with E-state index in [9.17, 15) is 0 Å². The second-order valence-electron chi connectivity index (χ2n) is 4.80. The summed E-state index contributed by atoms with van der Waals surface area (Å²) in [6.45, 7) is 0.875. The van der Waals surface area contributed by atoms with Gasteiger partial charge in [-0.3, -0.25) is 4.99 Å². The van der Waals surface area contributed by atoms with Gasteiger partial charge in [0.2, 0.25) is 0 Å². The Labute approximate surface area is 110 Å². The molecule has 17 heavy (non-hydrogen) atoms. The van der Waals surface area contributed by atoms with E-state index in [1.807, 2.05) is 11.8 Å². The summed E-state index contributed by atoms with van der Waals surface area (Å²) in [5, 5.41) is 3.34. The molecule has 3 nitrogen and oxygen atoms in total. The predicted octanol–water partition coefficient (Wildman–Crippen LogP) is 2.76. The van der Waals surface area contributed by atoms with E-state index < -0.39 is 0 Å². The molecule has 0 saturated heterocycles. The summed E-state index contributed by atoms with van der Waals surface area (Å²) < 4.78 is 0. The van der Waals surface area contributed by atoms with Crippen molar-refractivity contribution in [2.75, 3.05) is 18.6 Å². The van der Waals surface area contributed by atoms with E-state index in [0.717, 1.165) is 13.0 Å². The van der Waals surface area contributed by atoms with Crippen molar-refractivity contribution in [1.29, 1.82) is 0 Å². The van der Waals surface area contributed by atoms with Crippen LogP contribution < -0.4 is 11.1 Å². The summed E-state index contributed by atoms with van der Waals surface area (Å²) in [5.41, 5.74) is 5.88. The van der Waals surface area contributed by atoms with Gasteiger partial charge in [0.1, 0.15) is 0 Å². The lowest BCUT2D eigenvalue weighted by atomic mass is 9.96. The molecule has 0 bridgehead atoms. The zero-order chi connectivity index (χ0) is 12.3. The standard InChI is InChI=1S/C13H27N3S/c1-17-11-7-3-6-10-15-13(14)16-12-8-4-2-5-9-12/h12H,2-11H2,1H3,(H3,14,15,16). The van der Waals surface area contributed by atoms with Crippen molar-refractivity contribution in [2.45, 2.75) is 57.4 Å². The lowest BCUT2D eigenvalue weighted by molar-refractivity contribution is 0.412. The highest BCUT2D eigenvalue weighted by Crippen LogP contribution is 2.16. The molecule has 0 radical (unpaired) electrons. The Morgan fingerprint density at radius 2 is 2.00 bits per heavy atom. The van der Waals surface area contributed by atoms with Crippen molar-refractivity contribution in [3.05, 3.63) is 0 Å². The van der Waals surface area contributed by atoms with Crippen LogP contribution in [0.15, 0.2) is 4.99 Å². The average molecular weight is 257 g/mol. The van der Waals surface area contributed by atoms with Crippen LogP contribution in [0, 0.1) is 0 Å². The maximum absolute atomic E-state index is 5.88. The van der Waals surface area contributed by atoms with Crippen LogP contribution in [0.1, 0.15) is 51.4 Å². The average Bonchev–Trinajstić information content (AvgIpc) is 2.35. The molecule has 0 aromatic heterocycles. The van der Waals surface area contributed by atoms with Gasteiger partial charge in [0, 0.05) is 12.6 Å². The van der Waals surface area contributed by atoms with Gasteiger partial charge in [-0.1, -0.05) is 25.7 Å². The molecule has 0 unspecified atom stereocenters. The van der Waals surface area contributed by atoms with Gasteiger partial charge >= 0.3 is 0 Å². The van der Waals surface area contributed by atoms with E-state index in [4.69, 9.17) is 5.73 Å². The minimum Gasteiger partial charge on any atom is -0.370 e. The van der Waals surface area contributed by atoms with Crippen molar-refractivity contribution in [2.24, 2.45) is 10.7 Å². The van der Waals surface area contributed by atoms with E-state index in [0.29, 0.717) is 12.0 Å². The molecule has 1 saturated carbocycles. The molecule has 1 aliphatic rings. The van der Waals surface area contributed by atoms with Gasteiger partial charge in [-0.25, -0.2) is 0 Å². The number of unbranched alkanes of at least 4 members (excludes halogenated alkanes) is 2. The van der Waals surface area contributed by atoms with E-state index in [1.165, 1.54) is 50.7 Å². The third kappa shape index (κ3) is 7.53. The summed E-state index contributed by atoms with van der Waals surface area (Å²) >= 11 is 1.92. The number of thioether (sulfide) groups is 1. The van der Waals surface area contributed by atoms with Gasteiger partial charge in [-0.15, -0.1) is 0 Å². The normalized spacial score (nSPS) is 18.3. The monoisotopic (exact) mass is 257 g/mol. The lowest BCUT2D eigenvalue weighted by Gasteiger charge is -2.23. The molecular formula is C13H27N3S. The first kappa shape index (κ1) is 14.7. The fourth-order valence-corrected chi connectivity index (χ4v) is 2.73. The molecule has 0 aliphatic heterocycles. The Morgan fingerprint density at radius 3 is 2.71 bits per heavy atom.